The quantitative estimate of drug-likeness (QED) is 0.202. The summed E-state index contributed by atoms with van der Waals surface area (Å²) in [5.74, 6) is 2.19. The normalized spacial score (nSPS) is 15.2. The largest absolute Gasteiger partial charge is 0.497 e. The lowest BCUT2D eigenvalue weighted by atomic mass is 9.93. The molecule has 236 valence electrons. The summed E-state index contributed by atoms with van der Waals surface area (Å²) >= 11 is 1.27. The highest BCUT2D eigenvalue weighted by atomic mass is 32.1. The molecule has 3 heterocycles. The number of thiazole rings is 1. The van der Waals surface area contributed by atoms with Gasteiger partial charge in [0, 0.05) is 5.56 Å². The smallest absolute Gasteiger partial charge is 0.338 e. The molecular weight excluding hydrogens is 616 g/mol. The Morgan fingerprint density at radius 3 is 2.55 bits per heavy atom. The molecule has 1 atom stereocenters. The minimum Gasteiger partial charge on any atom is -0.497 e. The number of hydrogen-bond donors (Lipinski definition) is 0. The molecule has 1 aromatic heterocycles. The molecule has 0 saturated carbocycles. The number of hydrogen-bond acceptors (Lipinski definition) is 9. The molecule has 0 radical (unpaired) electrons. The lowest BCUT2D eigenvalue weighted by molar-refractivity contribution is -0.138. The summed E-state index contributed by atoms with van der Waals surface area (Å²) in [4.78, 5) is 33.2. The summed E-state index contributed by atoms with van der Waals surface area (Å²) in [7, 11) is 1.58. The third kappa shape index (κ3) is 6.03. The molecule has 0 unspecified atom stereocenters. The fraction of sp³-hybridized carbons (Fsp3) is 0.162. The van der Waals surface area contributed by atoms with Crippen molar-refractivity contribution in [1.82, 2.24) is 4.57 Å². The fourth-order valence-corrected chi connectivity index (χ4v) is 6.58. The topological polar surface area (TPSA) is 97.6 Å². The molecule has 0 aliphatic carbocycles. The van der Waals surface area contributed by atoms with Crippen LogP contribution < -0.4 is 33.8 Å². The van der Waals surface area contributed by atoms with Crippen molar-refractivity contribution in [2.75, 3.05) is 20.5 Å². The van der Waals surface area contributed by atoms with Gasteiger partial charge in [0.25, 0.3) is 5.56 Å². The van der Waals surface area contributed by atoms with E-state index >= 15 is 0 Å². The molecule has 2 aliphatic heterocycles. The number of fused-ring (bicyclic) bond motifs is 2. The third-order valence-electron chi connectivity index (χ3n) is 7.80. The third-order valence-corrected chi connectivity index (χ3v) is 8.79. The second-order valence-corrected chi connectivity index (χ2v) is 11.8. The number of carbonyl (C=O) groups excluding carboxylic acids is 1. The number of carbonyl (C=O) groups is 1. The molecule has 0 fully saturated rings. The Morgan fingerprint density at radius 2 is 1.77 bits per heavy atom. The van der Waals surface area contributed by atoms with E-state index in [1.807, 2.05) is 103 Å². The number of ether oxygens (including phenoxy) is 5. The molecule has 0 N–H and O–H groups in total. The summed E-state index contributed by atoms with van der Waals surface area (Å²) in [5, 5.41) is 0. The van der Waals surface area contributed by atoms with Crippen LogP contribution in [0.4, 0.5) is 0 Å². The van der Waals surface area contributed by atoms with E-state index in [0.29, 0.717) is 44.4 Å². The van der Waals surface area contributed by atoms with E-state index in [9.17, 15) is 9.59 Å². The standard InChI is InChI=1S/C37H30N2O7S/c1-3-43-36(41)32-33(25-8-5-4-6-9-25)38-37-39(34(32)26-10-7-11-28(20-26)42-2)35(40)31(47-37)19-23-12-15-27(16-13-23)44-21-24-14-17-29-30(18-24)46-22-45-29/h4-20,34H,3,21-22H2,1-2H3/b31-19-/t34-/m0/s1. The maximum atomic E-state index is 14.2. The Balaban J connectivity index is 1.27. The Bertz CT molecular complexity index is 2170. The summed E-state index contributed by atoms with van der Waals surface area (Å²) in [5.41, 5.74) is 3.71. The van der Waals surface area contributed by atoms with Gasteiger partial charge >= 0.3 is 5.97 Å². The zero-order valence-corrected chi connectivity index (χ0v) is 26.5. The first kappa shape index (κ1) is 30.1. The molecule has 5 aromatic rings. The Hall–Kier alpha value is -5.61. The molecule has 47 heavy (non-hydrogen) atoms. The van der Waals surface area contributed by atoms with E-state index in [1.165, 1.54) is 11.3 Å². The maximum Gasteiger partial charge on any atom is 0.338 e. The van der Waals surface area contributed by atoms with Gasteiger partial charge in [-0.25, -0.2) is 9.79 Å². The number of benzene rings is 4. The van der Waals surface area contributed by atoms with Gasteiger partial charge < -0.3 is 23.7 Å². The first-order valence-electron chi connectivity index (χ1n) is 15.1. The van der Waals surface area contributed by atoms with E-state index in [2.05, 4.69) is 0 Å². The van der Waals surface area contributed by atoms with E-state index in [0.717, 1.165) is 22.4 Å². The zero-order chi connectivity index (χ0) is 32.3. The van der Waals surface area contributed by atoms with E-state index in [-0.39, 0.29) is 24.5 Å². The van der Waals surface area contributed by atoms with Gasteiger partial charge in [-0.2, -0.15) is 0 Å². The second-order valence-electron chi connectivity index (χ2n) is 10.8. The van der Waals surface area contributed by atoms with Gasteiger partial charge in [-0.15, -0.1) is 0 Å². The molecule has 0 saturated heterocycles. The number of rotatable bonds is 9. The molecule has 0 spiro atoms. The zero-order valence-electron chi connectivity index (χ0n) is 25.7. The van der Waals surface area contributed by atoms with Gasteiger partial charge in [-0.1, -0.05) is 72.0 Å². The number of esters is 1. The van der Waals surface area contributed by atoms with Gasteiger partial charge in [0.15, 0.2) is 16.3 Å². The second kappa shape index (κ2) is 13.0. The SMILES string of the molecule is CCOC(=O)C1=C(c2ccccc2)N=c2s/c(=C\c3ccc(OCc4ccc5c(c4)OCO5)cc3)c(=O)n2[C@H]1c1cccc(OC)c1. The van der Waals surface area contributed by atoms with Crippen molar-refractivity contribution in [3.63, 3.8) is 0 Å². The monoisotopic (exact) mass is 646 g/mol. The van der Waals surface area contributed by atoms with Gasteiger partial charge in [0.1, 0.15) is 18.1 Å². The first-order chi connectivity index (χ1) is 23.0. The van der Waals surface area contributed by atoms with E-state index in [4.69, 9.17) is 28.7 Å². The maximum absolute atomic E-state index is 14.2. The first-order valence-corrected chi connectivity index (χ1v) is 15.9. The van der Waals surface area contributed by atoms with Crippen LogP contribution in [0.3, 0.4) is 0 Å². The Labute approximate surface area is 274 Å². The summed E-state index contributed by atoms with van der Waals surface area (Å²) in [6.07, 6.45) is 1.82. The van der Waals surface area contributed by atoms with Crippen LogP contribution in [0.2, 0.25) is 0 Å². The fourth-order valence-electron chi connectivity index (χ4n) is 5.58. The number of aromatic nitrogens is 1. The molecule has 0 amide bonds. The lowest BCUT2D eigenvalue weighted by Crippen LogP contribution is -2.40. The van der Waals surface area contributed by atoms with Gasteiger partial charge in [-0.3, -0.25) is 9.36 Å². The van der Waals surface area contributed by atoms with Crippen LogP contribution in [0.1, 0.15) is 35.2 Å². The summed E-state index contributed by atoms with van der Waals surface area (Å²) in [6.45, 7) is 2.52. The minimum atomic E-state index is -0.787. The predicted molar refractivity (Wildman–Crippen MR) is 177 cm³/mol. The van der Waals surface area contributed by atoms with Crippen LogP contribution in [0, 0.1) is 0 Å². The highest BCUT2D eigenvalue weighted by Gasteiger charge is 2.35. The van der Waals surface area contributed by atoms with Gasteiger partial charge in [0.2, 0.25) is 6.79 Å². The van der Waals surface area contributed by atoms with Crippen LogP contribution in [0.25, 0.3) is 11.8 Å². The highest BCUT2D eigenvalue weighted by molar-refractivity contribution is 7.07. The Kier molecular flexibility index (Phi) is 8.33. The van der Waals surface area contributed by atoms with Crippen molar-refractivity contribution >= 4 is 29.1 Å². The van der Waals surface area contributed by atoms with Crippen LogP contribution >= 0.6 is 11.3 Å². The minimum absolute atomic E-state index is 0.177. The lowest BCUT2D eigenvalue weighted by Gasteiger charge is -2.26. The van der Waals surface area contributed by atoms with E-state index in [1.54, 1.807) is 18.6 Å². The molecule has 4 aromatic carbocycles. The van der Waals surface area contributed by atoms with Gasteiger partial charge in [0.05, 0.1) is 35.6 Å². The van der Waals surface area contributed by atoms with Crippen molar-refractivity contribution < 1.29 is 28.5 Å². The van der Waals surface area contributed by atoms with Crippen molar-refractivity contribution in [3.05, 3.63) is 145 Å². The van der Waals surface area contributed by atoms with Crippen LogP contribution in [-0.4, -0.2) is 31.0 Å². The molecule has 7 rings (SSSR count). The van der Waals surface area contributed by atoms with E-state index < -0.39 is 12.0 Å². The van der Waals surface area contributed by atoms with Crippen molar-refractivity contribution in [2.24, 2.45) is 4.99 Å². The summed E-state index contributed by atoms with van der Waals surface area (Å²) in [6, 6.07) is 29.3. The number of nitrogens with zero attached hydrogens (tertiary/aromatic N) is 2. The average molecular weight is 647 g/mol. The highest BCUT2D eigenvalue weighted by Crippen LogP contribution is 2.36. The predicted octanol–water partition coefficient (Wildman–Crippen LogP) is 5.25. The molecule has 9 nitrogen and oxygen atoms in total. The van der Waals surface area contributed by atoms with Crippen molar-refractivity contribution in [3.8, 4) is 23.0 Å². The molecule has 10 heteroatoms. The van der Waals surface area contributed by atoms with Crippen LogP contribution in [0.15, 0.2) is 112 Å². The average Bonchev–Trinajstić information content (AvgIpc) is 3.71. The molecule has 2 aliphatic rings. The van der Waals surface area contributed by atoms with Crippen LogP contribution in [-0.2, 0) is 16.1 Å². The summed E-state index contributed by atoms with van der Waals surface area (Å²) < 4.78 is 29.9. The van der Waals surface area contributed by atoms with Crippen molar-refractivity contribution in [2.45, 2.75) is 19.6 Å². The van der Waals surface area contributed by atoms with Crippen LogP contribution in [0.5, 0.6) is 23.0 Å². The van der Waals surface area contributed by atoms with Crippen molar-refractivity contribution in [1.29, 1.82) is 0 Å². The Morgan fingerprint density at radius 1 is 0.957 bits per heavy atom. The number of methoxy groups -OCH3 is 1. The molecule has 0 bridgehead atoms. The molecular formula is C37H30N2O7S. The van der Waals surface area contributed by atoms with Gasteiger partial charge in [-0.05, 0) is 66.1 Å².